The molecule has 0 radical (unpaired) electrons. The van der Waals surface area contributed by atoms with Crippen molar-refractivity contribution in [3.63, 3.8) is 0 Å². The average Bonchev–Trinajstić information content (AvgIpc) is 2.72. The van der Waals surface area contributed by atoms with E-state index in [0.29, 0.717) is 29.2 Å². The highest BCUT2D eigenvalue weighted by Gasteiger charge is 2.19. The number of para-hydroxylation sites is 1. The van der Waals surface area contributed by atoms with Crippen LogP contribution in [0, 0.1) is 0 Å². The van der Waals surface area contributed by atoms with E-state index in [1.807, 2.05) is 0 Å². The maximum absolute atomic E-state index is 12.2. The molecule has 0 aromatic heterocycles. The Morgan fingerprint density at radius 2 is 1.93 bits per heavy atom. The molecule has 9 heteroatoms. The molecule has 2 N–H and O–H groups in total. The molecule has 0 saturated carbocycles. The van der Waals surface area contributed by atoms with E-state index in [2.05, 4.69) is 10.6 Å². The highest BCUT2D eigenvalue weighted by molar-refractivity contribution is 6.33. The molecule has 0 atom stereocenters. The van der Waals surface area contributed by atoms with E-state index in [9.17, 15) is 19.2 Å². The van der Waals surface area contributed by atoms with Crippen molar-refractivity contribution in [2.45, 2.75) is 12.8 Å². The number of carbonyl (C=O) groups excluding carboxylic acids is 4. The van der Waals surface area contributed by atoms with Gasteiger partial charge < -0.3 is 20.3 Å². The van der Waals surface area contributed by atoms with Gasteiger partial charge >= 0.3 is 5.97 Å². The molecule has 0 aliphatic carbocycles. The minimum atomic E-state index is -0.656. The number of benzene rings is 2. The van der Waals surface area contributed by atoms with Crippen LogP contribution >= 0.6 is 11.6 Å². The normalized spacial score (nSPS) is 12.4. The number of rotatable bonds is 6. The Hall–Kier alpha value is -3.39. The third-order valence-electron chi connectivity index (χ3n) is 4.52. The van der Waals surface area contributed by atoms with Gasteiger partial charge in [0, 0.05) is 19.2 Å². The van der Waals surface area contributed by atoms with Crippen molar-refractivity contribution in [3.8, 4) is 0 Å². The van der Waals surface area contributed by atoms with Crippen LogP contribution in [0.2, 0.25) is 5.02 Å². The lowest BCUT2D eigenvalue weighted by Crippen LogP contribution is -2.37. The van der Waals surface area contributed by atoms with Gasteiger partial charge in [-0.1, -0.05) is 23.7 Å². The molecular formula is C21H20ClN3O5. The van der Waals surface area contributed by atoms with Crippen LogP contribution < -0.4 is 10.6 Å². The number of hydrogen-bond acceptors (Lipinski definition) is 5. The molecule has 1 aliphatic heterocycles. The lowest BCUT2D eigenvalue weighted by molar-refractivity contribution is -0.136. The number of fused-ring (bicyclic) bond motifs is 1. The highest BCUT2D eigenvalue weighted by atomic mass is 35.5. The first-order valence-electron chi connectivity index (χ1n) is 9.21. The molecule has 1 heterocycles. The van der Waals surface area contributed by atoms with Gasteiger partial charge in [-0.25, -0.2) is 4.79 Å². The Kier molecular flexibility index (Phi) is 6.68. The Morgan fingerprint density at radius 3 is 2.70 bits per heavy atom. The Morgan fingerprint density at radius 1 is 1.17 bits per heavy atom. The standard InChI is InChI=1S/C21H20ClN3O5/c1-25(11-19(27)24-17-5-3-2-4-15(17)22)20(28)12-30-21(29)14-6-8-16-13(10-14)7-9-18(26)23-16/h2-6,8,10H,7,9,11-12H2,1H3,(H,23,26)(H,24,27). The minimum Gasteiger partial charge on any atom is -0.452 e. The van der Waals surface area contributed by atoms with Crippen molar-refractivity contribution in [2.24, 2.45) is 0 Å². The summed E-state index contributed by atoms with van der Waals surface area (Å²) >= 11 is 5.99. The van der Waals surface area contributed by atoms with Crippen molar-refractivity contribution in [3.05, 3.63) is 58.6 Å². The summed E-state index contributed by atoms with van der Waals surface area (Å²) in [7, 11) is 1.43. The molecule has 3 rings (SSSR count). The van der Waals surface area contributed by atoms with Gasteiger partial charge in [-0.2, -0.15) is 0 Å². The van der Waals surface area contributed by atoms with E-state index < -0.39 is 24.4 Å². The third-order valence-corrected chi connectivity index (χ3v) is 4.85. The molecule has 0 unspecified atom stereocenters. The fraction of sp³-hybridized carbons (Fsp3) is 0.238. The summed E-state index contributed by atoms with van der Waals surface area (Å²) in [6.45, 7) is -0.720. The number of esters is 1. The monoisotopic (exact) mass is 429 g/mol. The van der Waals surface area contributed by atoms with Gasteiger partial charge in [0.1, 0.15) is 0 Å². The van der Waals surface area contributed by atoms with Crippen LogP contribution in [0.1, 0.15) is 22.3 Å². The predicted molar refractivity (Wildman–Crippen MR) is 111 cm³/mol. The fourth-order valence-corrected chi connectivity index (χ4v) is 3.07. The third kappa shape index (κ3) is 5.36. The van der Waals surface area contributed by atoms with Crippen LogP contribution in [0.5, 0.6) is 0 Å². The molecule has 8 nitrogen and oxygen atoms in total. The molecule has 1 aliphatic rings. The smallest absolute Gasteiger partial charge is 0.338 e. The first-order chi connectivity index (χ1) is 14.3. The number of likely N-dealkylation sites (N-methyl/N-ethyl adjacent to an activating group) is 1. The molecule has 156 valence electrons. The molecule has 0 fully saturated rings. The fourth-order valence-electron chi connectivity index (χ4n) is 2.89. The second kappa shape index (κ2) is 9.41. The Labute approximate surface area is 178 Å². The summed E-state index contributed by atoms with van der Waals surface area (Å²) in [5.74, 6) is -1.67. The molecule has 2 aromatic rings. The second-order valence-corrected chi connectivity index (χ2v) is 7.18. The van der Waals surface area contributed by atoms with Crippen LogP contribution in [-0.4, -0.2) is 48.8 Å². The number of carbonyl (C=O) groups is 4. The Bertz CT molecular complexity index is 1010. The van der Waals surface area contributed by atoms with Crippen LogP contribution in [0.25, 0.3) is 0 Å². The van der Waals surface area contributed by atoms with Crippen LogP contribution in [-0.2, 0) is 25.5 Å². The first-order valence-corrected chi connectivity index (χ1v) is 9.59. The van der Waals surface area contributed by atoms with Crippen LogP contribution in [0.15, 0.2) is 42.5 Å². The van der Waals surface area contributed by atoms with Crippen LogP contribution in [0.3, 0.4) is 0 Å². The van der Waals surface area contributed by atoms with Crippen molar-refractivity contribution < 1.29 is 23.9 Å². The van der Waals surface area contributed by atoms with Crippen molar-refractivity contribution in [1.29, 1.82) is 0 Å². The number of nitrogens with one attached hydrogen (secondary N) is 2. The van der Waals surface area contributed by atoms with Gasteiger partial charge in [-0.15, -0.1) is 0 Å². The molecule has 3 amide bonds. The zero-order valence-electron chi connectivity index (χ0n) is 16.2. The van der Waals surface area contributed by atoms with E-state index in [1.54, 1.807) is 36.4 Å². The number of anilines is 2. The first kappa shape index (κ1) is 21.3. The average molecular weight is 430 g/mol. The van der Waals surface area contributed by atoms with Crippen molar-refractivity contribution >= 4 is 46.7 Å². The molecular weight excluding hydrogens is 410 g/mol. The number of nitrogens with zero attached hydrogens (tertiary/aromatic N) is 1. The number of ether oxygens (including phenoxy) is 1. The number of halogens is 1. The number of hydrogen-bond donors (Lipinski definition) is 2. The second-order valence-electron chi connectivity index (χ2n) is 6.77. The zero-order valence-corrected chi connectivity index (χ0v) is 17.0. The zero-order chi connectivity index (χ0) is 21.7. The van der Waals surface area contributed by atoms with Gasteiger partial charge in [-0.3, -0.25) is 14.4 Å². The summed E-state index contributed by atoms with van der Waals surface area (Å²) in [5.41, 5.74) is 2.24. The van der Waals surface area contributed by atoms with E-state index in [4.69, 9.17) is 16.3 Å². The maximum Gasteiger partial charge on any atom is 0.338 e. The number of amides is 3. The summed E-state index contributed by atoms with van der Waals surface area (Å²) in [6.07, 6.45) is 0.884. The van der Waals surface area contributed by atoms with Gasteiger partial charge in [-0.05, 0) is 42.3 Å². The molecule has 2 aromatic carbocycles. The molecule has 0 spiro atoms. The highest BCUT2D eigenvalue weighted by Crippen LogP contribution is 2.24. The number of aryl methyl sites for hydroxylation is 1. The quantitative estimate of drug-likeness (QED) is 0.686. The Balaban J connectivity index is 1.49. The molecule has 0 saturated heterocycles. The van der Waals surface area contributed by atoms with Gasteiger partial charge in [0.15, 0.2) is 6.61 Å². The van der Waals surface area contributed by atoms with Gasteiger partial charge in [0.25, 0.3) is 5.91 Å². The van der Waals surface area contributed by atoms with Gasteiger partial charge in [0.05, 0.1) is 22.8 Å². The SMILES string of the molecule is CN(CC(=O)Nc1ccccc1Cl)C(=O)COC(=O)c1ccc2c(c1)CCC(=O)N2. The maximum atomic E-state index is 12.2. The summed E-state index contributed by atoms with van der Waals surface area (Å²) in [6, 6.07) is 11.6. The molecule has 30 heavy (non-hydrogen) atoms. The van der Waals surface area contributed by atoms with Crippen molar-refractivity contribution in [1.82, 2.24) is 4.90 Å². The lowest BCUT2D eigenvalue weighted by Gasteiger charge is -2.18. The van der Waals surface area contributed by atoms with E-state index in [-0.39, 0.29) is 18.0 Å². The predicted octanol–water partition coefficient (Wildman–Crippen LogP) is 2.48. The minimum absolute atomic E-state index is 0.0648. The van der Waals surface area contributed by atoms with Gasteiger partial charge in [0.2, 0.25) is 11.8 Å². The summed E-state index contributed by atoms with van der Waals surface area (Å²) < 4.78 is 5.07. The van der Waals surface area contributed by atoms with E-state index in [1.165, 1.54) is 13.1 Å². The topological polar surface area (TPSA) is 105 Å². The van der Waals surface area contributed by atoms with Crippen LogP contribution in [0.4, 0.5) is 11.4 Å². The summed E-state index contributed by atoms with van der Waals surface area (Å²) in [4.78, 5) is 49.1. The van der Waals surface area contributed by atoms with E-state index in [0.717, 1.165) is 10.5 Å². The summed E-state index contributed by atoms with van der Waals surface area (Å²) in [5, 5.41) is 5.74. The largest absolute Gasteiger partial charge is 0.452 e. The van der Waals surface area contributed by atoms with Crippen molar-refractivity contribution in [2.75, 3.05) is 30.8 Å². The lowest BCUT2D eigenvalue weighted by atomic mass is 10.0. The molecule has 0 bridgehead atoms. The van der Waals surface area contributed by atoms with E-state index >= 15 is 0 Å².